The van der Waals surface area contributed by atoms with Crippen LogP contribution in [0.3, 0.4) is 0 Å². The maximum atomic E-state index is 12.1. The van der Waals surface area contributed by atoms with E-state index >= 15 is 0 Å². The quantitative estimate of drug-likeness (QED) is 0.842. The SMILES string of the molecule is N[C@H]1C(=O)N(c2ccc(Cl)cc2)[C@@H]1c1ccc(Br)cc1. The third-order valence-corrected chi connectivity index (χ3v) is 4.24. The van der Waals surface area contributed by atoms with Crippen molar-refractivity contribution < 1.29 is 4.79 Å². The summed E-state index contributed by atoms with van der Waals surface area (Å²) in [6.45, 7) is 0. The maximum Gasteiger partial charge on any atom is 0.247 e. The average molecular weight is 352 g/mol. The highest BCUT2D eigenvalue weighted by Gasteiger charge is 2.46. The van der Waals surface area contributed by atoms with Gasteiger partial charge in [-0.2, -0.15) is 0 Å². The van der Waals surface area contributed by atoms with Crippen LogP contribution in [-0.4, -0.2) is 11.9 Å². The normalized spacial score (nSPS) is 21.8. The number of rotatable bonds is 2. The molecular weight excluding hydrogens is 340 g/mol. The molecule has 0 aromatic heterocycles. The highest BCUT2D eigenvalue weighted by molar-refractivity contribution is 9.10. The number of carbonyl (C=O) groups excluding carboxylic acids is 1. The molecule has 2 N–H and O–H groups in total. The third kappa shape index (κ3) is 2.24. The van der Waals surface area contributed by atoms with Gasteiger partial charge in [0.05, 0.1) is 6.04 Å². The zero-order valence-corrected chi connectivity index (χ0v) is 12.8. The summed E-state index contributed by atoms with van der Waals surface area (Å²) < 4.78 is 0.999. The van der Waals surface area contributed by atoms with Crippen molar-refractivity contribution in [3.8, 4) is 0 Å². The molecule has 0 spiro atoms. The van der Waals surface area contributed by atoms with Crippen molar-refractivity contribution in [1.82, 2.24) is 0 Å². The van der Waals surface area contributed by atoms with Crippen LogP contribution < -0.4 is 10.6 Å². The van der Waals surface area contributed by atoms with Crippen LogP contribution in [0.2, 0.25) is 5.02 Å². The summed E-state index contributed by atoms with van der Waals surface area (Å²) in [5, 5.41) is 0.645. The van der Waals surface area contributed by atoms with Gasteiger partial charge in [0.2, 0.25) is 5.91 Å². The Morgan fingerprint density at radius 3 is 2.25 bits per heavy atom. The summed E-state index contributed by atoms with van der Waals surface area (Å²) in [5.41, 5.74) is 7.80. The van der Waals surface area contributed by atoms with E-state index < -0.39 is 6.04 Å². The molecule has 0 aliphatic carbocycles. The average Bonchev–Trinajstić information content (AvgIpc) is 2.46. The summed E-state index contributed by atoms with van der Waals surface area (Å²) in [6, 6.07) is 14.4. The number of nitrogens with two attached hydrogens (primary N) is 1. The van der Waals surface area contributed by atoms with E-state index in [1.807, 2.05) is 36.4 Å². The van der Waals surface area contributed by atoms with Crippen molar-refractivity contribution in [3.63, 3.8) is 0 Å². The molecule has 1 heterocycles. The monoisotopic (exact) mass is 350 g/mol. The number of β-lactam (4-membered cyclic amide) rings is 1. The van der Waals surface area contributed by atoms with E-state index in [1.54, 1.807) is 17.0 Å². The maximum absolute atomic E-state index is 12.1. The van der Waals surface area contributed by atoms with Gasteiger partial charge in [-0.25, -0.2) is 0 Å². The van der Waals surface area contributed by atoms with Gasteiger partial charge < -0.3 is 10.6 Å². The minimum absolute atomic E-state index is 0.0692. The molecular formula is C15H12BrClN2O. The Balaban J connectivity index is 1.95. The Morgan fingerprint density at radius 1 is 1.05 bits per heavy atom. The van der Waals surface area contributed by atoms with E-state index in [9.17, 15) is 4.79 Å². The van der Waals surface area contributed by atoms with Gasteiger partial charge in [0.1, 0.15) is 6.04 Å². The molecule has 5 heteroatoms. The smallest absolute Gasteiger partial charge is 0.247 e. The van der Waals surface area contributed by atoms with Gasteiger partial charge in [-0.1, -0.05) is 39.7 Å². The highest BCUT2D eigenvalue weighted by atomic mass is 79.9. The standard InChI is InChI=1S/C15H12BrClN2O/c16-10-3-1-9(2-4-10)14-13(18)15(20)19(14)12-7-5-11(17)6-8-12/h1-8,13-14H,18H2/t13-,14-/m1/s1. The van der Waals surface area contributed by atoms with Gasteiger partial charge in [-0.05, 0) is 42.0 Å². The molecule has 0 unspecified atom stereocenters. The van der Waals surface area contributed by atoms with Crippen LogP contribution in [0.5, 0.6) is 0 Å². The number of amides is 1. The molecule has 20 heavy (non-hydrogen) atoms. The summed E-state index contributed by atoms with van der Waals surface area (Å²) in [6.07, 6.45) is 0. The van der Waals surface area contributed by atoms with Crippen molar-refractivity contribution >= 4 is 39.1 Å². The van der Waals surface area contributed by atoms with Crippen molar-refractivity contribution in [3.05, 3.63) is 63.6 Å². The van der Waals surface area contributed by atoms with E-state index in [4.69, 9.17) is 17.3 Å². The summed E-state index contributed by atoms with van der Waals surface area (Å²) in [7, 11) is 0. The molecule has 1 aliphatic heterocycles. The van der Waals surface area contributed by atoms with E-state index in [0.717, 1.165) is 15.7 Å². The number of halogens is 2. The summed E-state index contributed by atoms with van der Waals surface area (Å²) in [4.78, 5) is 13.8. The predicted octanol–water partition coefficient (Wildman–Crippen LogP) is 3.52. The van der Waals surface area contributed by atoms with Crippen LogP contribution in [-0.2, 0) is 4.79 Å². The summed E-state index contributed by atoms with van der Waals surface area (Å²) >= 11 is 9.28. The van der Waals surface area contributed by atoms with Crippen LogP contribution in [0.4, 0.5) is 5.69 Å². The molecule has 1 aliphatic rings. The third-order valence-electron chi connectivity index (χ3n) is 3.46. The molecule has 2 aromatic carbocycles. The number of anilines is 1. The summed E-state index contributed by atoms with van der Waals surface area (Å²) in [5.74, 6) is -0.0692. The van der Waals surface area contributed by atoms with E-state index in [0.29, 0.717) is 5.02 Å². The molecule has 0 radical (unpaired) electrons. The second-order valence-electron chi connectivity index (χ2n) is 4.71. The second kappa shape index (κ2) is 5.20. The first kappa shape index (κ1) is 13.6. The Morgan fingerprint density at radius 2 is 1.65 bits per heavy atom. The lowest BCUT2D eigenvalue weighted by Gasteiger charge is -2.45. The van der Waals surface area contributed by atoms with Gasteiger partial charge in [-0.3, -0.25) is 4.79 Å². The van der Waals surface area contributed by atoms with Gasteiger partial charge in [0, 0.05) is 15.2 Å². The molecule has 2 atom stereocenters. The number of nitrogens with zero attached hydrogens (tertiary/aromatic N) is 1. The Bertz CT molecular complexity index is 642. The van der Waals surface area contributed by atoms with Crippen molar-refractivity contribution in [1.29, 1.82) is 0 Å². The zero-order chi connectivity index (χ0) is 14.3. The Hall–Kier alpha value is -1.36. The van der Waals surface area contributed by atoms with Crippen molar-refractivity contribution in [2.75, 3.05) is 4.90 Å². The molecule has 102 valence electrons. The van der Waals surface area contributed by atoms with Crippen LogP contribution in [0.15, 0.2) is 53.0 Å². The molecule has 3 nitrogen and oxygen atoms in total. The lowest BCUT2D eigenvalue weighted by Crippen LogP contribution is -2.63. The zero-order valence-electron chi connectivity index (χ0n) is 10.5. The fourth-order valence-electron chi connectivity index (χ4n) is 2.42. The molecule has 1 amide bonds. The van der Waals surface area contributed by atoms with Crippen LogP contribution >= 0.6 is 27.5 Å². The molecule has 1 saturated heterocycles. The van der Waals surface area contributed by atoms with Crippen molar-refractivity contribution in [2.45, 2.75) is 12.1 Å². The van der Waals surface area contributed by atoms with Crippen molar-refractivity contribution in [2.24, 2.45) is 5.73 Å². The molecule has 0 saturated carbocycles. The first-order chi connectivity index (χ1) is 9.58. The van der Waals surface area contributed by atoms with Gasteiger partial charge in [-0.15, -0.1) is 0 Å². The second-order valence-corrected chi connectivity index (χ2v) is 6.06. The van der Waals surface area contributed by atoms with E-state index in [2.05, 4.69) is 15.9 Å². The van der Waals surface area contributed by atoms with Crippen LogP contribution in [0.1, 0.15) is 11.6 Å². The fraction of sp³-hybridized carbons (Fsp3) is 0.133. The first-order valence-electron chi connectivity index (χ1n) is 6.17. The molecule has 2 aromatic rings. The number of hydrogen-bond donors (Lipinski definition) is 1. The van der Waals surface area contributed by atoms with E-state index in [1.165, 1.54) is 0 Å². The van der Waals surface area contributed by atoms with Crippen LogP contribution in [0, 0.1) is 0 Å². The fourth-order valence-corrected chi connectivity index (χ4v) is 2.81. The lowest BCUT2D eigenvalue weighted by molar-refractivity contribution is -0.126. The Labute approximate surface area is 130 Å². The van der Waals surface area contributed by atoms with E-state index in [-0.39, 0.29) is 11.9 Å². The lowest BCUT2D eigenvalue weighted by atomic mass is 9.88. The molecule has 3 rings (SSSR count). The van der Waals surface area contributed by atoms with Crippen LogP contribution in [0.25, 0.3) is 0 Å². The first-order valence-corrected chi connectivity index (χ1v) is 7.35. The topological polar surface area (TPSA) is 46.3 Å². The minimum atomic E-state index is -0.494. The number of benzene rings is 2. The van der Waals surface area contributed by atoms with Gasteiger partial charge in [0.15, 0.2) is 0 Å². The minimum Gasteiger partial charge on any atom is -0.318 e. The Kier molecular flexibility index (Phi) is 3.54. The van der Waals surface area contributed by atoms with Gasteiger partial charge >= 0.3 is 0 Å². The van der Waals surface area contributed by atoms with Gasteiger partial charge in [0.25, 0.3) is 0 Å². The number of carbonyl (C=O) groups is 1. The number of hydrogen-bond acceptors (Lipinski definition) is 2. The molecule has 1 fully saturated rings. The highest BCUT2D eigenvalue weighted by Crippen LogP contribution is 2.38. The predicted molar refractivity (Wildman–Crippen MR) is 83.8 cm³/mol. The largest absolute Gasteiger partial charge is 0.318 e. The molecule has 0 bridgehead atoms.